The Hall–Kier alpha value is -2.42. The number of carboxylic acids is 1. The highest BCUT2D eigenvalue weighted by molar-refractivity contribution is 9.10. The molecule has 0 atom stereocenters. The van der Waals surface area contributed by atoms with Crippen LogP contribution in [0.2, 0.25) is 0 Å². The van der Waals surface area contributed by atoms with Gasteiger partial charge in [0.25, 0.3) is 0 Å². The van der Waals surface area contributed by atoms with Crippen LogP contribution in [0, 0.1) is 0 Å². The van der Waals surface area contributed by atoms with Gasteiger partial charge in [-0.05, 0) is 28.1 Å². The normalized spacial score (nSPS) is 10.2. The topological polar surface area (TPSA) is 106 Å². The molecule has 0 saturated carbocycles. The lowest BCUT2D eigenvalue weighted by atomic mass is 10.3. The van der Waals surface area contributed by atoms with Crippen molar-refractivity contribution in [2.45, 2.75) is 6.54 Å². The molecule has 0 radical (unpaired) electrons. The number of carboxylic acid groups (broad SMARTS) is 1. The molecule has 2 N–H and O–H groups in total. The number of nitrogens with zero attached hydrogens (tertiary/aromatic N) is 3. The number of hydrogen-bond donors (Lipinski definition) is 2. The molecule has 0 bridgehead atoms. The number of ether oxygens (including phenoxy) is 1. The fourth-order valence-electron chi connectivity index (χ4n) is 1.56. The van der Waals surface area contributed by atoms with Gasteiger partial charge in [0.2, 0.25) is 5.91 Å². The summed E-state index contributed by atoms with van der Waals surface area (Å²) >= 11 is 3.31. The predicted molar refractivity (Wildman–Crippen MR) is 76.3 cm³/mol. The highest BCUT2D eigenvalue weighted by Gasteiger charge is 2.11. The van der Waals surface area contributed by atoms with E-state index in [0.717, 1.165) is 9.15 Å². The van der Waals surface area contributed by atoms with Gasteiger partial charge in [0.05, 0.1) is 17.8 Å². The van der Waals surface area contributed by atoms with Crippen molar-refractivity contribution in [3.8, 4) is 5.75 Å². The number of nitrogens with one attached hydrogen (secondary N) is 1. The molecule has 21 heavy (non-hydrogen) atoms. The Morgan fingerprint density at radius 3 is 2.86 bits per heavy atom. The molecule has 0 aliphatic rings. The van der Waals surface area contributed by atoms with Gasteiger partial charge in [0, 0.05) is 11.8 Å². The van der Waals surface area contributed by atoms with Crippen molar-refractivity contribution in [3.63, 3.8) is 0 Å². The van der Waals surface area contributed by atoms with Gasteiger partial charge in [-0.3, -0.25) is 4.79 Å². The molecular weight excluding hydrogens is 344 g/mol. The number of methoxy groups -OCH3 is 1. The number of rotatable bonds is 5. The minimum Gasteiger partial charge on any atom is -0.495 e. The molecule has 110 valence electrons. The molecule has 2 aromatic rings. The molecule has 1 aromatic carbocycles. The van der Waals surface area contributed by atoms with Crippen molar-refractivity contribution >= 4 is 33.5 Å². The third-order valence-corrected chi connectivity index (χ3v) is 3.15. The first-order valence-electron chi connectivity index (χ1n) is 5.76. The van der Waals surface area contributed by atoms with Gasteiger partial charge < -0.3 is 15.2 Å². The van der Waals surface area contributed by atoms with Crippen molar-refractivity contribution in [3.05, 3.63) is 34.6 Å². The van der Waals surface area contributed by atoms with Crippen LogP contribution in [0.1, 0.15) is 10.5 Å². The molecule has 0 fully saturated rings. The highest BCUT2D eigenvalue weighted by Crippen LogP contribution is 2.27. The van der Waals surface area contributed by atoms with E-state index < -0.39 is 5.97 Å². The predicted octanol–water partition coefficient (Wildman–Crippen LogP) is 1.39. The number of amides is 1. The van der Waals surface area contributed by atoms with E-state index in [2.05, 4.69) is 31.6 Å². The first-order chi connectivity index (χ1) is 9.99. The Morgan fingerprint density at radius 2 is 2.24 bits per heavy atom. The summed E-state index contributed by atoms with van der Waals surface area (Å²) in [4.78, 5) is 22.5. The molecular formula is C12H11BrN4O4. The maximum absolute atomic E-state index is 11.8. The Morgan fingerprint density at radius 1 is 1.48 bits per heavy atom. The molecule has 1 amide bonds. The average molecular weight is 355 g/mol. The average Bonchev–Trinajstić information content (AvgIpc) is 2.89. The van der Waals surface area contributed by atoms with Gasteiger partial charge in [0.15, 0.2) is 5.69 Å². The summed E-state index contributed by atoms with van der Waals surface area (Å²) in [5.41, 5.74) is 0.340. The molecule has 0 spiro atoms. The summed E-state index contributed by atoms with van der Waals surface area (Å²) in [6.07, 6.45) is 1.18. The third-order valence-electron chi connectivity index (χ3n) is 2.50. The molecule has 0 saturated heterocycles. The minimum atomic E-state index is -1.20. The van der Waals surface area contributed by atoms with Crippen molar-refractivity contribution in [1.82, 2.24) is 15.0 Å². The molecule has 0 aliphatic carbocycles. The SMILES string of the molecule is COc1cc(NC(=O)Cn2cc(C(=O)O)nn2)ccc1Br. The summed E-state index contributed by atoms with van der Waals surface area (Å²) in [5.74, 6) is -0.970. The van der Waals surface area contributed by atoms with Crippen LogP contribution in [0.4, 0.5) is 5.69 Å². The number of carbonyl (C=O) groups is 2. The number of anilines is 1. The van der Waals surface area contributed by atoms with Gasteiger partial charge in [0.1, 0.15) is 12.3 Å². The Bertz CT molecular complexity index is 686. The molecule has 0 aliphatic heterocycles. The summed E-state index contributed by atoms with van der Waals surface area (Å²) in [6.45, 7) is -0.140. The fraction of sp³-hybridized carbons (Fsp3) is 0.167. The van der Waals surface area contributed by atoms with E-state index in [0.29, 0.717) is 11.4 Å². The Kier molecular flexibility index (Phi) is 4.53. The number of hydrogen-bond acceptors (Lipinski definition) is 5. The van der Waals surface area contributed by atoms with Crippen LogP contribution >= 0.6 is 15.9 Å². The second-order valence-electron chi connectivity index (χ2n) is 4.00. The quantitative estimate of drug-likeness (QED) is 0.840. The lowest BCUT2D eigenvalue weighted by Crippen LogP contribution is -2.19. The van der Waals surface area contributed by atoms with E-state index in [9.17, 15) is 9.59 Å². The Balaban J connectivity index is 2.02. The number of benzene rings is 1. The van der Waals surface area contributed by atoms with Gasteiger partial charge >= 0.3 is 5.97 Å². The zero-order valence-corrected chi connectivity index (χ0v) is 12.5. The standard InChI is InChI=1S/C12H11BrN4O4/c1-21-10-4-7(2-3-8(10)13)14-11(18)6-17-5-9(12(19)20)15-16-17/h2-5H,6H2,1H3,(H,14,18)(H,19,20). The lowest BCUT2D eigenvalue weighted by Gasteiger charge is -2.08. The Labute approximate surface area is 127 Å². The molecule has 2 rings (SSSR count). The monoisotopic (exact) mass is 354 g/mol. The number of halogens is 1. The smallest absolute Gasteiger partial charge is 0.358 e. The third kappa shape index (κ3) is 3.78. The van der Waals surface area contributed by atoms with E-state index in [1.54, 1.807) is 18.2 Å². The summed E-state index contributed by atoms with van der Waals surface area (Å²) in [5, 5.41) is 18.4. The van der Waals surface area contributed by atoms with Crippen LogP contribution in [0.25, 0.3) is 0 Å². The zero-order chi connectivity index (χ0) is 15.4. The second kappa shape index (κ2) is 6.35. The van der Waals surface area contributed by atoms with E-state index in [1.807, 2.05) is 0 Å². The number of aromatic carboxylic acids is 1. The first kappa shape index (κ1) is 15.0. The van der Waals surface area contributed by atoms with Crippen molar-refractivity contribution < 1.29 is 19.4 Å². The van der Waals surface area contributed by atoms with E-state index in [1.165, 1.54) is 13.3 Å². The van der Waals surface area contributed by atoms with Crippen LogP contribution < -0.4 is 10.1 Å². The van der Waals surface area contributed by atoms with E-state index in [-0.39, 0.29) is 18.1 Å². The fourth-order valence-corrected chi connectivity index (χ4v) is 1.97. The highest BCUT2D eigenvalue weighted by atomic mass is 79.9. The van der Waals surface area contributed by atoms with Gasteiger partial charge in [-0.15, -0.1) is 5.10 Å². The summed E-state index contributed by atoms with van der Waals surface area (Å²) < 4.78 is 7.04. The maximum atomic E-state index is 11.8. The van der Waals surface area contributed by atoms with Gasteiger partial charge in [-0.25, -0.2) is 9.48 Å². The van der Waals surface area contributed by atoms with E-state index >= 15 is 0 Å². The minimum absolute atomic E-state index is 0.140. The van der Waals surface area contributed by atoms with Crippen LogP contribution in [-0.2, 0) is 11.3 Å². The molecule has 8 nitrogen and oxygen atoms in total. The van der Waals surface area contributed by atoms with Crippen LogP contribution in [0.5, 0.6) is 5.75 Å². The van der Waals surface area contributed by atoms with Crippen LogP contribution in [-0.4, -0.2) is 39.1 Å². The molecule has 1 heterocycles. The van der Waals surface area contributed by atoms with E-state index in [4.69, 9.17) is 9.84 Å². The van der Waals surface area contributed by atoms with Gasteiger partial charge in [-0.2, -0.15) is 0 Å². The second-order valence-corrected chi connectivity index (χ2v) is 4.86. The molecule has 0 unspecified atom stereocenters. The maximum Gasteiger partial charge on any atom is 0.358 e. The van der Waals surface area contributed by atoms with Crippen LogP contribution in [0.15, 0.2) is 28.9 Å². The summed E-state index contributed by atoms with van der Waals surface area (Å²) in [6, 6.07) is 5.10. The number of carbonyl (C=O) groups excluding carboxylic acids is 1. The van der Waals surface area contributed by atoms with Crippen molar-refractivity contribution in [1.29, 1.82) is 0 Å². The largest absolute Gasteiger partial charge is 0.495 e. The summed E-state index contributed by atoms with van der Waals surface area (Å²) in [7, 11) is 1.52. The molecule has 1 aromatic heterocycles. The number of aromatic nitrogens is 3. The molecule has 9 heteroatoms. The van der Waals surface area contributed by atoms with Crippen molar-refractivity contribution in [2.24, 2.45) is 0 Å². The lowest BCUT2D eigenvalue weighted by molar-refractivity contribution is -0.116. The van der Waals surface area contributed by atoms with Crippen LogP contribution in [0.3, 0.4) is 0 Å². The zero-order valence-electron chi connectivity index (χ0n) is 10.9. The first-order valence-corrected chi connectivity index (χ1v) is 6.55. The van der Waals surface area contributed by atoms with Gasteiger partial charge in [-0.1, -0.05) is 5.21 Å². The van der Waals surface area contributed by atoms with Crippen molar-refractivity contribution in [2.75, 3.05) is 12.4 Å².